The van der Waals surface area contributed by atoms with Crippen LogP contribution in [0.2, 0.25) is 0 Å². The number of hydrogen-bond donors (Lipinski definition) is 3. The highest BCUT2D eigenvalue weighted by Gasteiger charge is 2.26. The van der Waals surface area contributed by atoms with Crippen LogP contribution in [-0.2, 0) is 4.79 Å². The Morgan fingerprint density at radius 1 is 1.19 bits per heavy atom. The van der Waals surface area contributed by atoms with Crippen LogP contribution in [0.1, 0.15) is 38.1 Å². The molecule has 5 heteroatoms. The van der Waals surface area contributed by atoms with Crippen LogP contribution in [-0.4, -0.2) is 30.9 Å². The summed E-state index contributed by atoms with van der Waals surface area (Å²) in [6, 6.07) is 7.01. The lowest BCUT2D eigenvalue weighted by atomic mass is 10.0. The molecule has 0 saturated heterocycles. The highest BCUT2D eigenvalue weighted by molar-refractivity contribution is 6.05. The summed E-state index contributed by atoms with van der Waals surface area (Å²) in [4.78, 5) is 24.4. The molecule has 0 atom stereocenters. The number of nitrogens with one attached hydrogen (secondary N) is 3. The number of amides is 2. The van der Waals surface area contributed by atoms with Crippen molar-refractivity contribution in [2.45, 2.75) is 33.2 Å². The second kappa shape index (κ2) is 7.22. The first-order valence-electron chi connectivity index (χ1n) is 7.15. The summed E-state index contributed by atoms with van der Waals surface area (Å²) in [5, 5.41) is 8.60. The average Bonchev–Trinajstić information content (AvgIpc) is 2.45. The number of hydrogen-bond acceptors (Lipinski definition) is 3. The predicted molar refractivity (Wildman–Crippen MR) is 85.4 cm³/mol. The quantitative estimate of drug-likeness (QED) is 0.751. The van der Waals surface area contributed by atoms with Gasteiger partial charge in [0.15, 0.2) is 0 Å². The van der Waals surface area contributed by atoms with Gasteiger partial charge in [-0.3, -0.25) is 9.59 Å². The minimum atomic E-state index is -0.707. The van der Waals surface area contributed by atoms with E-state index in [0.29, 0.717) is 23.7 Å². The van der Waals surface area contributed by atoms with Gasteiger partial charge in [-0.2, -0.15) is 0 Å². The Hall–Kier alpha value is -1.88. The lowest BCUT2D eigenvalue weighted by molar-refractivity contribution is -0.121. The molecule has 0 bridgehead atoms. The van der Waals surface area contributed by atoms with Crippen molar-refractivity contribution < 1.29 is 9.59 Å². The standard InChI is InChI=1S/C16H25N3O2/c1-11(2)10-18-14(20)12-8-6-7-9-13(12)19-15(21)16(3,4)17-5/h6-9,11,17H,10H2,1-5H3,(H,18,20)(H,19,21). The fraction of sp³-hybridized carbons (Fsp3) is 0.500. The molecule has 0 aliphatic carbocycles. The Kier molecular flexibility index (Phi) is 5.90. The number of carbonyl (C=O) groups excluding carboxylic acids is 2. The van der Waals surface area contributed by atoms with Crippen molar-refractivity contribution in [1.29, 1.82) is 0 Å². The summed E-state index contributed by atoms with van der Waals surface area (Å²) < 4.78 is 0. The molecule has 0 aromatic heterocycles. The molecule has 0 aliphatic rings. The van der Waals surface area contributed by atoms with Gasteiger partial charge in [0.1, 0.15) is 0 Å². The normalized spacial score (nSPS) is 11.3. The van der Waals surface area contributed by atoms with E-state index >= 15 is 0 Å². The second-order valence-electron chi connectivity index (χ2n) is 5.98. The topological polar surface area (TPSA) is 70.2 Å². The van der Waals surface area contributed by atoms with Crippen LogP contribution in [0.4, 0.5) is 5.69 Å². The minimum Gasteiger partial charge on any atom is -0.352 e. The molecule has 116 valence electrons. The van der Waals surface area contributed by atoms with E-state index in [2.05, 4.69) is 16.0 Å². The Morgan fingerprint density at radius 2 is 1.81 bits per heavy atom. The monoisotopic (exact) mass is 291 g/mol. The van der Waals surface area contributed by atoms with E-state index in [1.807, 2.05) is 13.8 Å². The van der Waals surface area contributed by atoms with E-state index < -0.39 is 5.54 Å². The molecule has 0 saturated carbocycles. The van der Waals surface area contributed by atoms with E-state index in [0.717, 1.165) is 0 Å². The van der Waals surface area contributed by atoms with Gasteiger partial charge < -0.3 is 16.0 Å². The van der Waals surface area contributed by atoms with Gasteiger partial charge in [-0.1, -0.05) is 26.0 Å². The number of carbonyl (C=O) groups is 2. The maximum Gasteiger partial charge on any atom is 0.253 e. The molecule has 21 heavy (non-hydrogen) atoms. The van der Waals surface area contributed by atoms with Gasteiger partial charge in [0.05, 0.1) is 16.8 Å². The largest absolute Gasteiger partial charge is 0.352 e. The zero-order valence-corrected chi connectivity index (χ0v) is 13.4. The van der Waals surface area contributed by atoms with Crippen molar-refractivity contribution in [1.82, 2.24) is 10.6 Å². The lowest BCUT2D eigenvalue weighted by Gasteiger charge is -2.23. The first kappa shape index (κ1) is 17.2. The van der Waals surface area contributed by atoms with Crippen LogP contribution in [0.3, 0.4) is 0 Å². The molecule has 5 nitrogen and oxygen atoms in total. The zero-order chi connectivity index (χ0) is 16.0. The molecular formula is C16H25N3O2. The fourth-order valence-electron chi connectivity index (χ4n) is 1.57. The highest BCUT2D eigenvalue weighted by atomic mass is 16.2. The van der Waals surface area contributed by atoms with E-state index in [1.54, 1.807) is 45.2 Å². The molecule has 0 radical (unpaired) electrons. The molecule has 0 heterocycles. The van der Waals surface area contributed by atoms with E-state index in [4.69, 9.17) is 0 Å². The summed E-state index contributed by atoms with van der Waals surface area (Å²) >= 11 is 0. The van der Waals surface area contributed by atoms with Crippen LogP contribution in [0.5, 0.6) is 0 Å². The van der Waals surface area contributed by atoms with Crippen molar-refractivity contribution in [3.63, 3.8) is 0 Å². The summed E-state index contributed by atoms with van der Waals surface area (Å²) in [6.07, 6.45) is 0. The van der Waals surface area contributed by atoms with Gasteiger partial charge in [-0.05, 0) is 38.9 Å². The third-order valence-corrected chi connectivity index (χ3v) is 3.28. The third kappa shape index (κ3) is 4.86. The lowest BCUT2D eigenvalue weighted by Crippen LogP contribution is -2.48. The Bertz CT molecular complexity index is 510. The fourth-order valence-corrected chi connectivity index (χ4v) is 1.57. The summed E-state index contributed by atoms with van der Waals surface area (Å²) in [5.41, 5.74) is 0.284. The van der Waals surface area contributed by atoms with Crippen LogP contribution in [0, 0.1) is 5.92 Å². The molecule has 3 N–H and O–H groups in total. The molecule has 1 aromatic rings. The van der Waals surface area contributed by atoms with Crippen LogP contribution in [0.15, 0.2) is 24.3 Å². The maximum atomic E-state index is 12.2. The number of rotatable bonds is 6. The average molecular weight is 291 g/mol. The number of anilines is 1. The Balaban J connectivity index is 2.89. The van der Waals surface area contributed by atoms with Gasteiger partial charge >= 0.3 is 0 Å². The van der Waals surface area contributed by atoms with Gasteiger partial charge in [0.2, 0.25) is 5.91 Å². The zero-order valence-electron chi connectivity index (χ0n) is 13.4. The Labute approximate surface area is 126 Å². The van der Waals surface area contributed by atoms with Crippen LogP contribution >= 0.6 is 0 Å². The first-order valence-corrected chi connectivity index (χ1v) is 7.15. The van der Waals surface area contributed by atoms with Crippen LogP contribution in [0.25, 0.3) is 0 Å². The van der Waals surface area contributed by atoms with Gasteiger partial charge in [-0.25, -0.2) is 0 Å². The molecule has 2 amide bonds. The summed E-state index contributed by atoms with van der Waals surface area (Å²) in [7, 11) is 1.72. The van der Waals surface area contributed by atoms with Crippen LogP contribution < -0.4 is 16.0 Å². The SMILES string of the molecule is CNC(C)(C)C(=O)Nc1ccccc1C(=O)NCC(C)C. The molecule has 0 unspecified atom stereocenters. The van der Waals surface area contributed by atoms with Gasteiger partial charge in [-0.15, -0.1) is 0 Å². The second-order valence-corrected chi connectivity index (χ2v) is 5.98. The number of para-hydroxylation sites is 1. The Morgan fingerprint density at radius 3 is 2.38 bits per heavy atom. The number of likely N-dealkylation sites (N-methyl/N-ethyl adjacent to an activating group) is 1. The van der Waals surface area contributed by atoms with Crippen molar-refractivity contribution in [3.8, 4) is 0 Å². The maximum absolute atomic E-state index is 12.2. The third-order valence-electron chi connectivity index (χ3n) is 3.28. The van der Waals surface area contributed by atoms with Crippen molar-refractivity contribution >= 4 is 17.5 Å². The van der Waals surface area contributed by atoms with Crippen molar-refractivity contribution in [2.24, 2.45) is 5.92 Å². The van der Waals surface area contributed by atoms with Gasteiger partial charge in [0, 0.05) is 6.54 Å². The first-order chi connectivity index (χ1) is 9.77. The number of benzene rings is 1. The minimum absolute atomic E-state index is 0.179. The molecular weight excluding hydrogens is 266 g/mol. The van der Waals surface area contributed by atoms with Crippen molar-refractivity contribution in [3.05, 3.63) is 29.8 Å². The molecule has 0 aliphatic heterocycles. The predicted octanol–water partition coefficient (Wildman–Crippen LogP) is 2.01. The molecule has 1 rings (SSSR count). The van der Waals surface area contributed by atoms with Crippen molar-refractivity contribution in [2.75, 3.05) is 18.9 Å². The highest BCUT2D eigenvalue weighted by Crippen LogP contribution is 2.17. The molecule has 0 fully saturated rings. The summed E-state index contributed by atoms with van der Waals surface area (Å²) in [5.74, 6) is 0.00917. The smallest absolute Gasteiger partial charge is 0.253 e. The van der Waals surface area contributed by atoms with Gasteiger partial charge in [0.25, 0.3) is 5.91 Å². The van der Waals surface area contributed by atoms with E-state index in [9.17, 15) is 9.59 Å². The van der Waals surface area contributed by atoms with E-state index in [1.165, 1.54) is 0 Å². The molecule has 1 aromatic carbocycles. The van der Waals surface area contributed by atoms with E-state index in [-0.39, 0.29) is 11.8 Å². The molecule has 0 spiro atoms. The summed E-state index contributed by atoms with van der Waals surface area (Å²) in [6.45, 7) is 8.23.